The summed E-state index contributed by atoms with van der Waals surface area (Å²) in [6.07, 6.45) is 3.68. The molecule has 1 heterocycles. The number of cyclic esters (lactones) is 2. The zero-order valence-electron chi connectivity index (χ0n) is 16.1. The molecular formula is C23H24O5. The first kappa shape index (κ1) is 19.7. The third-order valence-electron chi connectivity index (χ3n) is 4.46. The molecule has 0 amide bonds. The molecule has 2 aromatic rings. The summed E-state index contributed by atoms with van der Waals surface area (Å²) in [5.41, 5.74) is 1.60. The van der Waals surface area contributed by atoms with Crippen molar-refractivity contribution in [1.29, 1.82) is 0 Å². The fraction of sp³-hybridized carbons (Fsp3) is 0.304. The number of rotatable bonds is 7. The Bertz CT molecular complexity index is 850. The molecule has 0 bridgehead atoms. The maximum Gasteiger partial charge on any atom is 0.348 e. The van der Waals surface area contributed by atoms with Crippen molar-refractivity contribution in [2.75, 3.05) is 0 Å². The van der Waals surface area contributed by atoms with E-state index < -0.39 is 17.7 Å². The zero-order valence-corrected chi connectivity index (χ0v) is 16.1. The normalized spacial score (nSPS) is 19.0. The number of hydrogen-bond donors (Lipinski definition) is 0. The molecule has 146 valence electrons. The smallest absolute Gasteiger partial charge is 0.348 e. The van der Waals surface area contributed by atoms with Crippen LogP contribution in [0.2, 0.25) is 0 Å². The number of ether oxygens (including phenoxy) is 3. The molecule has 0 saturated carbocycles. The molecule has 0 radical (unpaired) electrons. The van der Waals surface area contributed by atoms with E-state index in [0.29, 0.717) is 24.3 Å². The van der Waals surface area contributed by atoms with Crippen molar-refractivity contribution >= 4 is 18.0 Å². The number of esters is 2. The van der Waals surface area contributed by atoms with Gasteiger partial charge in [-0.15, -0.1) is 0 Å². The van der Waals surface area contributed by atoms with E-state index in [1.807, 2.05) is 43.3 Å². The summed E-state index contributed by atoms with van der Waals surface area (Å²) in [7, 11) is 0. The molecule has 0 aromatic heterocycles. The minimum Gasteiger partial charge on any atom is -0.489 e. The average Bonchev–Trinajstić information content (AvgIpc) is 2.69. The molecular weight excluding hydrogens is 356 g/mol. The molecule has 1 aliphatic heterocycles. The van der Waals surface area contributed by atoms with E-state index in [4.69, 9.17) is 14.2 Å². The number of unbranched alkanes of at least 4 members (excludes halogenated alkanes) is 1. The monoisotopic (exact) mass is 380 g/mol. The Labute approximate surface area is 164 Å². The Morgan fingerprint density at radius 2 is 1.71 bits per heavy atom. The first-order valence-electron chi connectivity index (χ1n) is 9.44. The molecule has 1 aliphatic rings. The van der Waals surface area contributed by atoms with Gasteiger partial charge in [-0.3, -0.25) is 0 Å². The summed E-state index contributed by atoms with van der Waals surface area (Å²) in [4.78, 5) is 24.7. The average molecular weight is 380 g/mol. The highest BCUT2D eigenvalue weighted by atomic mass is 16.7. The van der Waals surface area contributed by atoms with Gasteiger partial charge in [-0.1, -0.05) is 55.8 Å². The highest BCUT2D eigenvalue weighted by Gasteiger charge is 2.41. The number of benzene rings is 2. The largest absolute Gasteiger partial charge is 0.489 e. The Kier molecular flexibility index (Phi) is 6.14. The minimum absolute atomic E-state index is 0.116. The molecule has 1 fully saturated rings. The molecule has 0 N–H and O–H groups in total. The third-order valence-corrected chi connectivity index (χ3v) is 4.46. The van der Waals surface area contributed by atoms with Gasteiger partial charge in [0.25, 0.3) is 5.79 Å². The predicted octanol–water partition coefficient (Wildman–Crippen LogP) is 4.66. The summed E-state index contributed by atoms with van der Waals surface area (Å²) in [6.45, 7) is 4.07. The van der Waals surface area contributed by atoms with Gasteiger partial charge < -0.3 is 14.2 Å². The summed E-state index contributed by atoms with van der Waals surface area (Å²) in [5, 5.41) is 0. The lowest BCUT2D eigenvalue weighted by atomic mass is 10.1. The fourth-order valence-electron chi connectivity index (χ4n) is 2.93. The van der Waals surface area contributed by atoms with Gasteiger partial charge in [0.05, 0.1) is 0 Å². The van der Waals surface area contributed by atoms with Crippen molar-refractivity contribution in [3.63, 3.8) is 0 Å². The second-order valence-electron chi connectivity index (χ2n) is 6.92. The van der Waals surface area contributed by atoms with Crippen molar-refractivity contribution < 1.29 is 23.8 Å². The standard InChI is InChI=1S/C23H24O5/c1-3-4-13-23(2)27-21(24)20(22(25)28-23)15-18-11-8-12-19(14-18)26-16-17-9-6-5-7-10-17/h5-12,14-15H,3-4,13,16H2,1-2H3. The molecule has 1 saturated heterocycles. The molecule has 2 aromatic carbocycles. The van der Waals surface area contributed by atoms with E-state index >= 15 is 0 Å². The lowest BCUT2D eigenvalue weighted by Gasteiger charge is -2.33. The van der Waals surface area contributed by atoms with Crippen LogP contribution in [0, 0.1) is 0 Å². The Morgan fingerprint density at radius 1 is 1.00 bits per heavy atom. The second kappa shape index (κ2) is 8.74. The summed E-state index contributed by atoms with van der Waals surface area (Å²) >= 11 is 0. The van der Waals surface area contributed by atoms with Gasteiger partial charge in [0.1, 0.15) is 17.9 Å². The molecule has 5 nitrogen and oxygen atoms in total. The van der Waals surface area contributed by atoms with Gasteiger partial charge in [-0.2, -0.15) is 0 Å². The van der Waals surface area contributed by atoms with Crippen LogP contribution >= 0.6 is 0 Å². The molecule has 5 heteroatoms. The third kappa shape index (κ3) is 5.00. The van der Waals surface area contributed by atoms with E-state index in [0.717, 1.165) is 18.4 Å². The lowest BCUT2D eigenvalue weighted by molar-refractivity contribution is -0.230. The van der Waals surface area contributed by atoms with Crippen LogP contribution in [0.4, 0.5) is 0 Å². The van der Waals surface area contributed by atoms with Crippen molar-refractivity contribution in [1.82, 2.24) is 0 Å². The van der Waals surface area contributed by atoms with E-state index in [1.54, 1.807) is 25.1 Å². The lowest BCUT2D eigenvalue weighted by Crippen LogP contribution is -2.44. The molecule has 28 heavy (non-hydrogen) atoms. The maximum absolute atomic E-state index is 12.4. The Hall–Kier alpha value is -3.08. The van der Waals surface area contributed by atoms with Crippen LogP contribution in [-0.4, -0.2) is 17.7 Å². The van der Waals surface area contributed by atoms with Crippen molar-refractivity contribution in [2.45, 2.75) is 45.5 Å². The molecule has 0 aliphatic carbocycles. The van der Waals surface area contributed by atoms with Gasteiger partial charge in [-0.05, 0) is 35.8 Å². The summed E-state index contributed by atoms with van der Waals surface area (Å²) < 4.78 is 16.6. The van der Waals surface area contributed by atoms with E-state index in [1.165, 1.54) is 6.08 Å². The van der Waals surface area contributed by atoms with Crippen LogP contribution in [0.15, 0.2) is 60.2 Å². The fourth-order valence-corrected chi connectivity index (χ4v) is 2.93. The van der Waals surface area contributed by atoms with Crippen LogP contribution in [0.5, 0.6) is 5.75 Å². The number of hydrogen-bond acceptors (Lipinski definition) is 5. The van der Waals surface area contributed by atoms with E-state index in [2.05, 4.69) is 0 Å². The van der Waals surface area contributed by atoms with Gasteiger partial charge in [0.2, 0.25) is 0 Å². The van der Waals surface area contributed by atoms with Crippen LogP contribution in [0.3, 0.4) is 0 Å². The summed E-state index contributed by atoms with van der Waals surface area (Å²) in [6, 6.07) is 17.0. The van der Waals surface area contributed by atoms with Gasteiger partial charge in [-0.25, -0.2) is 9.59 Å². The first-order chi connectivity index (χ1) is 13.5. The van der Waals surface area contributed by atoms with Gasteiger partial charge in [0.15, 0.2) is 0 Å². The van der Waals surface area contributed by atoms with Crippen molar-refractivity contribution in [2.24, 2.45) is 0 Å². The minimum atomic E-state index is -1.19. The topological polar surface area (TPSA) is 61.8 Å². The van der Waals surface area contributed by atoms with Gasteiger partial charge in [0, 0.05) is 13.3 Å². The van der Waals surface area contributed by atoms with E-state index in [9.17, 15) is 9.59 Å². The van der Waals surface area contributed by atoms with Crippen molar-refractivity contribution in [3.8, 4) is 5.75 Å². The maximum atomic E-state index is 12.4. The number of carbonyl (C=O) groups is 2. The van der Waals surface area contributed by atoms with Crippen molar-refractivity contribution in [3.05, 3.63) is 71.3 Å². The predicted molar refractivity (Wildman–Crippen MR) is 105 cm³/mol. The zero-order chi connectivity index (χ0) is 20.0. The Morgan fingerprint density at radius 3 is 2.39 bits per heavy atom. The first-order valence-corrected chi connectivity index (χ1v) is 9.44. The molecule has 0 spiro atoms. The highest BCUT2D eigenvalue weighted by Crippen LogP contribution is 2.29. The van der Waals surface area contributed by atoms with E-state index in [-0.39, 0.29) is 5.57 Å². The van der Waals surface area contributed by atoms with Crippen LogP contribution in [0.25, 0.3) is 6.08 Å². The van der Waals surface area contributed by atoms with Crippen LogP contribution in [-0.2, 0) is 25.7 Å². The molecule has 0 atom stereocenters. The molecule has 3 rings (SSSR count). The van der Waals surface area contributed by atoms with Crippen LogP contribution in [0.1, 0.15) is 44.2 Å². The number of carbonyl (C=O) groups excluding carboxylic acids is 2. The van der Waals surface area contributed by atoms with Crippen LogP contribution < -0.4 is 4.74 Å². The quantitative estimate of drug-likeness (QED) is 0.397. The Balaban J connectivity index is 1.71. The van der Waals surface area contributed by atoms with Gasteiger partial charge >= 0.3 is 11.9 Å². The highest BCUT2D eigenvalue weighted by molar-refractivity contribution is 6.18. The molecule has 0 unspecified atom stereocenters. The second-order valence-corrected chi connectivity index (χ2v) is 6.92. The summed E-state index contributed by atoms with van der Waals surface area (Å²) in [5.74, 6) is -1.87. The SMILES string of the molecule is CCCCC1(C)OC(=O)C(=Cc2cccc(OCc3ccccc3)c2)C(=O)O1.